The molecule has 0 aliphatic rings. The van der Waals surface area contributed by atoms with Crippen molar-refractivity contribution in [2.45, 2.75) is 27.7 Å². The Labute approximate surface area is 107 Å². The number of anilines is 1. The normalized spacial score (nSPS) is 11.2. The van der Waals surface area contributed by atoms with E-state index >= 15 is 0 Å². The predicted molar refractivity (Wildman–Crippen MR) is 73.8 cm³/mol. The average molecular weight is 285 g/mol. The lowest BCUT2D eigenvalue weighted by atomic mass is 10.1. The molecular formula is C13H21BrN2. The summed E-state index contributed by atoms with van der Waals surface area (Å²) in [6.07, 6.45) is 1.85. The van der Waals surface area contributed by atoms with Crippen LogP contribution in [0.4, 0.5) is 5.82 Å². The van der Waals surface area contributed by atoms with Crippen molar-refractivity contribution < 1.29 is 0 Å². The Balaban J connectivity index is 2.87. The second-order valence-corrected chi connectivity index (χ2v) is 5.86. The van der Waals surface area contributed by atoms with Gasteiger partial charge in [-0.25, -0.2) is 4.98 Å². The maximum Gasteiger partial charge on any atom is 0.142 e. The van der Waals surface area contributed by atoms with E-state index in [9.17, 15) is 0 Å². The lowest BCUT2D eigenvalue weighted by Crippen LogP contribution is -2.32. The van der Waals surface area contributed by atoms with Gasteiger partial charge in [0.25, 0.3) is 0 Å². The average Bonchev–Trinajstić information content (AvgIpc) is 2.15. The van der Waals surface area contributed by atoms with Crippen molar-refractivity contribution in [1.82, 2.24) is 4.98 Å². The van der Waals surface area contributed by atoms with Gasteiger partial charge in [0.2, 0.25) is 0 Å². The molecule has 0 atom stereocenters. The first kappa shape index (κ1) is 13.5. The first-order valence-corrected chi connectivity index (χ1v) is 6.65. The van der Waals surface area contributed by atoms with Crippen LogP contribution in [0.15, 0.2) is 22.8 Å². The molecule has 1 heterocycles. The SMILES string of the molecule is CC(C)CN(CC(C)C)c1ncccc1Br. The molecule has 0 N–H and O–H groups in total. The lowest BCUT2D eigenvalue weighted by Gasteiger charge is -2.28. The van der Waals surface area contributed by atoms with E-state index in [1.54, 1.807) is 0 Å². The molecule has 0 bridgehead atoms. The molecule has 3 heteroatoms. The summed E-state index contributed by atoms with van der Waals surface area (Å²) in [7, 11) is 0. The summed E-state index contributed by atoms with van der Waals surface area (Å²) in [5.74, 6) is 2.35. The fraction of sp³-hybridized carbons (Fsp3) is 0.615. The Kier molecular flexibility index (Phi) is 5.26. The topological polar surface area (TPSA) is 16.1 Å². The number of rotatable bonds is 5. The van der Waals surface area contributed by atoms with Gasteiger partial charge in [-0.3, -0.25) is 0 Å². The summed E-state index contributed by atoms with van der Waals surface area (Å²) in [6.45, 7) is 11.1. The number of halogens is 1. The summed E-state index contributed by atoms with van der Waals surface area (Å²) < 4.78 is 1.08. The Bertz CT molecular complexity index is 313. The van der Waals surface area contributed by atoms with Gasteiger partial charge in [0.05, 0.1) is 4.47 Å². The van der Waals surface area contributed by atoms with Crippen molar-refractivity contribution in [2.24, 2.45) is 11.8 Å². The molecule has 0 aliphatic carbocycles. The highest BCUT2D eigenvalue weighted by molar-refractivity contribution is 9.10. The van der Waals surface area contributed by atoms with Gasteiger partial charge in [-0.05, 0) is 39.9 Å². The van der Waals surface area contributed by atoms with Crippen molar-refractivity contribution in [3.63, 3.8) is 0 Å². The molecule has 2 nitrogen and oxygen atoms in total. The third kappa shape index (κ3) is 4.12. The Morgan fingerprint density at radius 1 is 1.19 bits per heavy atom. The first-order valence-electron chi connectivity index (χ1n) is 5.86. The van der Waals surface area contributed by atoms with Crippen LogP contribution in [0.3, 0.4) is 0 Å². The van der Waals surface area contributed by atoms with E-state index in [2.05, 4.69) is 59.6 Å². The van der Waals surface area contributed by atoms with Gasteiger partial charge in [-0.1, -0.05) is 27.7 Å². The van der Waals surface area contributed by atoms with Crippen LogP contribution >= 0.6 is 15.9 Å². The van der Waals surface area contributed by atoms with E-state index in [-0.39, 0.29) is 0 Å². The summed E-state index contributed by atoms with van der Waals surface area (Å²) in [5, 5.41) is 0. The molecule has 0 spiro atoms. The Morgan fingerprint density at radius 2 is 1.75 bits per heavy atom. The van der Waals surface area contributed by atoms with E-state index in [1.165, 1.54) is 0 Å². The summed E-state index contributed by atoms with van der Waals surface area (Å²) in [6, 6.07) is 4.01. The number of hydrogen-bond acceptors (Lipinski definition) is 2. The molecule has 0 aliphatic heterocycles. The Morgan fingerprint density at radius 3 is 2.19 bits per heavy atom. The minimum Gasteiger partial charge on any atom is -0.355 e. The van der Waals surface area contributed by atoms with E-state index in [4.69, 9.17) is 0 Å². The highest BCUT2D eigenvalue weighted by Crippen LogP contribution is 2.24. The highest BCUT2D eigenvalue weighted by atomic mass is 79.9. The van der Waals surface area contributed by atoms with Gasteiger partial charge in [-0.15, -0.1) is 0 Å². The molecule has 90 valence electrons. The third-order valence-electron chi connectivity index (χ3n) is 2.21. The number of hydrogen-bond donors (Lipinski definition) is 0. The molecule has 0 amide bonds. The minimum atomic E-state index is 0.646. The molecule has 16 heavy (non-hydrogen) atoms. The predicted octanol–water partition coefficient (Wildman–Crippen LogP) is 3.96. The molecule has 0 saturated carbocycles. The molecule has 1 rings (SSSR count). The number of nitrogens with zero attached hydrogens (tertiary/aromatic N) is 2. The van der Waals surface area contributed by atoms with Crippen LogP contribution in [0.5, 0.6) is 0 Å². The Hall–Kier alpha value is -0.570. The fourth-order valence-electron chi connectivity index (χ4n) is 1.74. The molecular weight excluding hydrogens is 264 g/mol. The molecule has 0 fully saturated rings. The van der Waals surface area contributed by atoms with Gasteiger partial charge >= 0.3 is 0 Å². The third-order valence-corrected chi connectivity index (χ3v) is 2.83. The molecule has 1 aromatic heterocycles. The highest BCUT2D eigenvalue weighted by Gasteiger charge is 2.13. The molecule has 0 aromatic carbocycles. The standard InChI is InChI=1S/C13H21BrN2/c1-10(2)8-16(9-11(3)4)13-12(14)6-5-7-15-13/h5-7,10-11H,8-9H2,1-4H3. The van der Waals surface area contributed by atoms with Crippen LogP contribution in [0, 0.1) is 11.8 Å². The largest absolute Gasteiger partial charge is 0.355 e. The number of aromatic nitrogens is 1. The molecule has 0 radical (unpaired) electrons. The summed E-state index contributed by atoms with van der Waals surface area (Å²) >= 11 is 3.57. The summed E-state index contributed by atoms with van der Waals surface area (Å²) in [5.41, 5.74) is 0. The van der Waals surface area contributed by atoms with Crippen LogP contribution in [-0.4, -0.2) is 18.1 Å². The lowest BCUT2D eigenvalue weighted by molar-refractivity contribution is 0.548. The second kappa shape index (κ2) is 6.24. The number of pyridine rings is 1. The maximum absolute atomic E-state index is 4.46. The van der Waals surface area contributed by atoms with E-state index in [1.807, 2.05) is 12.3 Å². The van der Waals surface area contributed by atoms with Crippen molar-refractivity contribution >= 4 is 21.7 Å². The van der Waals surface area contributed by atoms with Crippen LogP contribution < -0.4 is 4.90 Å². The maximum atomic E-state index is 4.46. The molecule has 0 unspecified atom stereocenters. The van der Waals surface area contributed by atoms with Crippen LogP contribution in [0.25, 0.3) is 0 Å². The van der Waals surface area contributed by atoms with E-state index in [0.29, 0.717) is 11.8 Å². The minimum absolute atomic E-state index is 0.646. The van der Waals surface area contributed by atoms with E-state index < -0.39 is 0 Å². The van der Waals surface area contributed by atoms with Crippen molar-refractivity contribution in [3.8, 4) is 0 Å². The second-order valence-electron chi connectivity index (χ2n) is 5.00. The van der Waals surface area contributed by atoms with Crippen molar-refractivity contribution in [1.29, 1.82) is 0 Å². The quantitative estimate of drug-likeness (QED) is 0.814. The zero-order valence-electron chi connectivity index (χ0n) is 10.6. The van der Waals surface area contributed by atoms with Crippen LogP contribution in [0.1, 0.15) is 27.7 Å². The van der Waals surface area contributed by atoms with E-state index in [0.717, 1.165) is 23.4 Å². The van der Waals surface area contributed by atoms with Crippen LogP contribution in [0.2, 0.25) is 0 Å². The van der Waals surface area contributed by atoms with Gasteiger partial charge in [0.15, 0.2) is 0 Å². The van der Waals surface area contributed by atoms with Gasteiger partial charge in [-0.2, -0.15) is 0 Å². The van der Waals surface area contributed by atoms with Crippen LogP contribution in [-0.2, 0) is 0 Å². The molecule has 0 saturated heterocycles. The van der Waals surface area contributed by atoms with Gasteiger partial charge in [0.1, 0.15) is 5.82 Å². The monoisotopic (exact) mass is 284 g/mol. The van der Waals surface area contributed by atoms with Crippen molar-refractivity contribution in [3.05, 3.63) is 22.8 Å². The van der Waals surface area contributed by atoms with Gasteiger partial charge < -0.3 is 4.90 Å². The molecule has 1 aromatic rings. The first-order chi connectivity index (χ1) is 7.50. The zero-order chi connectivity index (χ0) is 12.1. The van der Waals surface area contributed by atoms with Gasteiger partial charge in [0, 0.05) is 19.3 Å². The smallest absolute Gasteiger partial charge is 0.142 e. The fourth-order valence-corrected chi connectivity index (χ4v) is 2.24. The summed E-state index contributed by atoms with van der Waals surface area (Å²) in [4.78, 5) is 6.82. The zero-order valence-corrected chi connectivity index (χ0v) is 12.2. The van der Waals surface area contributed by atoms with Crippen molar-refractivity contribution in [2.75, 3.05) is 18.0 Å².